The molecule has 0 atom stereocenters. The normalized spacial score (nSPS) is 17.4. The van der Waals surface area contributed by atoms with Crippen molar-refractivity contribution in [1.29, 1.82) is 0 Å². The van der Waals surface area contributed by atoms with E-state index >= 15 is 0 Å². The van der Waals surface area contributed by atoms with Gasteiger partial charge in [-0.1, -0.05) is 49.6 Å². The van der Waals surface area contributed by atoms with Crippen LogP contribution in [0.15, 0.2) is 36.6 Å². The van der Waals surface area contributed by atoms with Gasteiger partial charge in [0.05, 0.1) is 12.4 Å². The fraction of sp³-hybridized carbons (Fsp3) is 0.467. The van der Waals surface area contributed by atoms with E-state index in [2.05, 4.69) is 0 Å². The second-order valence-electron chi connectivity index (χ2n) is 4.42. The van der Waals surface area contributed by atoms with Gasteiger partial charge in [0.25, 0.3) is 0 Å². The molecule has 17 heavy (non-hydrogen) atoms. The molecule has 1 aliphatic carbocycles. The number of ether oxygens (including phenoxy) is 2. The maximum Gasteiger partial charge on any atom is 0.188 e. The van der Waals surface area contributed by atoms with Crippen LogP contribution in [0.2, 0.25) is 0 Å². The highest BCUT2D eigenvalue weighted by molar-refractivity contribution is 5.47. The number of rotatable bonds is 5. The summed E-state index contributed by atoms with van der Waals surface area (Å²) in [5.74, 6) is 0. The first-order chi connectivity index (χ1) is 8.45. The summed E-state index contributed by atoms with van der Waals surface area (Å²) in [6.07, 6.45) is 10.4. The second-order valence-corrected chi connectivity index (χ2v) is 4.42. The van der Waals surface area contributed by atoms with Crippen molar-refractivity contribution in [2.75, 3.05) is 6.79 Å². The molecule has 0 saturated heterocycles. The van der Waals surface area contributed by atoms with Crippen molar-refractivity contribution in [3.05, 3.63) is 42.2 Å². The van der Waals surface area contributed by atoms with Crippen LogP contribution in [0, 0.1) is 0 Å². The lowest BCUT2D eigenvalue weighted by atomic mass is 9.98. The van der Waals surface area contributed by atoms with E-state index in [1.165, 1.54) is 32.1 Å². The van der Waals surface area contributed by atoms with E-state index in [0.29, 0.717) is 12.9 Å². The Hall–Kier alpha value is -1.28. The maximum atomic E-state index is 5.65. The number of benzene rings is 1. The Morgan fingerprint density at radius 1 is 1.06 bits per heavy atom. The molecule has 92 valence electrons. The first-order valence-electron chi connectivity index (χ1n) is 6.40. The molecule has 0 aromatic heterocycles. The van der Waals surface area contributed by atoms with E-state index in [1.807, 2.05) is 36.4 Å². The van der Waals surface area contributed by atoms with Crippen molar-refractivity contribution in [2.45, 2.75) is 38.2 Å². The van der Waals surface area contributed by atoms with Crippen molar-refractivity contribution in [3.63, 3.8) is 0 Å². The molecule has 2 nitrogen and oxygen atoms in total. The molecule has 0 heterocycles. The van der Waals surface area contributed by atoms with E-state index < -0.39 is 0 Å². The first kappa shape index (κ1) is 12.2. The van der Waals surface area contributed by atoms with Crippen LogP contribution in [0.25, 0.3) is 6.08 Å². The highest BCUT2D eigenvalue weighted by Crippen LogP contribution is 2.20. The van der Waals surface area contributed by atoms with Gasteiger partial charge < -0.3 is 9.47 Å². The van der Waals surface area contributed by atoms with E-state index in [-0.39, 0.29) is 0 Å². The molecule has 1 aromatic rings. The van der Waals surface area contributed by atoms with Gasteiger partial charge in [-0.25, -0.2) is 0 Å². The summed E-state index contributed by atoms with van der Waals surface area (Å²) in [5.41, 5.74) is 1.14. The van der Waals surface area contributed by atoms with Gasteiger partial charge in [0.1, 0.15) is 0 Å². The zero-order valence-corrected chi connectivity index (χ0v) is 10.2. The molecule has 2 rings (SSSR count). The Morgan fingerprint density at radius 3 is 2.59 bits per heavy atom. The van der Waals surface area contributed by atoms with Crippen LogP contribution in [0.1, 0.15) is 37.7 Å². The van der Waals surface area contributed by atoms with Gasteiger partial charge in [-0.2, -0.15) is 0 Å². The molecule has 0 bridgehead atoms. The average molecular weight is 232 g/mol. The van der Waals surface area contributed by atoms with Crippen LogP contribution in [0.5, 0.6) is 0 Å². The van der Waals surface area contributed by atoms with Gasteiger partial charge in [0.2, 0.25) is 0 Å². The molecule has 1 saturated carbocycles. The van der Waals surface area contributed by atoms with Crippen LogP contribution in [-0.2, 0) is 9.47 Å². The third-order valence-corrected chi connectivity index (χ3v) is 3.08. The summed E-state index contributed by atoms with van der Waals surface area (Å²) in [5, 5.41) is 0. The quantitative estimate of drug-likeness (QED) is 0.434. The summed E-state index contributed by atoms with van der Waals surface area (Å²) >= 11 is 0. The topological polar surface area (TPSA) is 18.5 Å². The standard InChI is InChI=1S/C15H20O2/c1-3-7-14(8-4-1)11-12-16-13-17-15-9-5-2-6-10-15/h1,3-4,7-8,11-12,15H,2,5-6,9-10,13H2. The minimum absolute atomic E-state index is 0.369. The lowest BCUT2D eigenvalue weighted by Crippen LogP contribution is -2.17. The SMILES string of the molecule is C(=Cc1ccccc1)OCOC1CCCCC1. The molecule has 0 radical (unpaired) electrons. The highest BCUT2D eigenvalue weighted by Gasteiger charge is 2.12. The monoisotopic (exact) mass is 232 g/mol. The van der Waals surface area contributed by atoms with Gasteiger partial charge in [-0.3, -0.25) is 0 Å². The van der Waals surface area contributed by atoms with Crippen LogP contribution in [0.3, 0.4) is 0 Å². The average Bonchev–Trinajstić information content (AvgIpc) is 2.41. The molecular formula is C15H20O2. The van der Waals surface area contributed by atoms with Crippen LogP contribution < -0.4 is 0 Å². The number of hydrogen-bond acceptors (Lipinski definition) is 2. The molecule has 0 N–H and O–H groups in total. The predicted molar refractivity (Wildman–Crippen MR) is 69.4 cm³/mol. The van der Waals surface area contributed by atoms with E-state index in [9.17, 15) is 0 Å². The Morgan fingerprint density at radius 2 is 1.82 bits per heavy atom. The molecule has 2 heteroatoms. The van der Waals surface area contributed by atoms with E-state index in [1.54, 1.807) is 6.26 Å². The summed E-state index contributed by atoms with van der Waals surface area (Å²) in [6, 6.07) is 10.1. The summed E-state index contributed by atoms with van der Waals surface area (Å²) in [4.78, 5) is 0. The third kappa shape index (κ3) is 4.61. The molecule has 1 fully saturated rings. The van der Waals surface area contributed by atoms with E-state index in [4.69, 9.17) is 9.47 Å². The summed E-state index contributed by atoms with van der Waals surface area (Å²) < 4.78 is 11.0. The lowest BCUT2D eigenvalue weighted by Gasteiger charge is -2.21. The predicted octanol–water partition coefficient (Wildman–Crippen LogP) is 3.98. The number of hydrogen-bond donors (Lipinski definition) is 0. The fourth-order valence-electron chi connectivity index (χ4n) is 2.10. The minimum Gasteiger partial charge on any atom is -0.475 e. The van der Waals surface area contributed by atoms with Crippen LogP contribution >= 0.6 is 0 Å². The highest BCUT2D eigenvalue weighted by atomic mass is 16.7. The Bertz CT molecular complexity index is 326. The van der Waals surface area contributed by atoms with Gasteiger partial charge >= 0.3 is 0 Å². The molecule has 0 aliphatic heterocycles. The maximum absolute atomic E-state index is 5.65. The smallest absolute Gasteiger partial charge is 0.188 e. The van der Waals surface area contributed by atoms with E-state index in [0.717, 1.165) is 5.56 Å². The Kier molecular flexibility index (Phi) is 5.11. The van der Waals surface area contributed by atoms with Crippen molar-refractivity contribution >= 4 is 6.08 Å². The molecule has 0 unspecified atom stereocenters. The first-order valence-corrected chi connectivity index (χ1v) is 6.40. The van der Waals surface area contributed by atoms with Crippen molar-refractivity contribution in [2.24, 2.45) is 0 Å². The Balaban J connectivity index is 1.61. The molecule has 0 amide bonds. The third-order valence-electron chi connectivity index (χ3n) is 3.08. The summed E-state index contributed by atoms with van der Waals surface area (Å²) in [7, 11) is 0. The van der Waals surface area contributed by atoms with Crippen molar-refractivity contribution < 1.29 is 9.47 Å². The summed E-state index contributed by atoms with van der Waals surface area (Å²) in [6.45, 7) is 0.369. The van der Waals surface area contributed by atoms with Crippen LogP contribution in [-0.4, -0.2) is 12.9 Å². The second kappa shape index (κ2) is 7.13. The van der Waals surface area contributed by atoms with Crippen LogP contribution in [0.4, 0.5) is 0 Å². The van der Waals surface area contributed by atoms with Gasteiger partial charge in [0, 0.05) is 0 Å². The molecule has 0 spiro atoms. The largest absolute Gasteiger partial charge is 0.475 e. The molecule has 1 aromatic carbocycles. The molecule has 1 aliphatic rings. The van der Waals surface area contributed by atoms with Crippen molar-refractivity contribution in [3.8, 4) is 0 Å². The zero-order chi connectivity index (χ0) is 11.8. The fourth-order valence-corrected chi connectivity index (χ4v) is 2.10. The van der Waals surface area contributed by atoms with Gasteiger partial charge in [0.15, 0.2) is 6.79 Å². The Labute approximate surface area is 103 Å². The molecular weight excluding hydrogens is 212 g/mol. The van der Waals surface area contributed by atoms with Crippen molar-refractivity contribution in [1.82, 2.24) is 0 Å². The minimum atomic E-state index is 0.369. The zero-order valence-electron chi connectivity index (χ0n) is 10.2. The van der Waals surface area contributed by atoms with Gasteiger partial charge in [-0.15, -0.1) is 0 Å². The lowest BCUT2D eigenvalue weighted by molar-refractivity contribution is -0.0678. The van der Waals surface area contributed by atoms with Gasteiger partial charge in [-0.05, 0) is 24.5 Å².